The van der Waals surface area contributed by atoms with Gasteiger partial charge in [0.1, 0.15) is 10.8 Å². The van der Waals surface area contributed by atoms with E-state index >= 15 is 0 Å². The third-order valence-electron chi connectivity index (χ3n) is 5.08. The van der Waals surface area contributed by atoms with Crippen molar-refractivity contribution in [1.82, 2.24) is 15.1 Å². The van der Waals surface area contributed by atoms with Crippen molar-refractivity contribution in [1.29, 1.82) is 0 Å². The lowest BCUT2D eigenvalue weighted by Crippen LogP contribution is -2.40. The first kappa shape index (κ1) is 23.7. The topological polar surface area (TPSA) is 84.4 Å². The number of hydrogen-bond acceptors (Lipinski definition) is 6. The summed E-state index contributed by atoms with van der Waals surface area (Å²) in [5, 5.41) is 12.5. The number of halogens is 1. The molecule has 0 spiro atoms. The number of anilines is 1. The summed E-state index contributed by atoms with van der Waals surface area (Å²) in [4.78, 5) is 27.2. The molecule has 168 valence electrons. The summed E-state index contributed by atoms with van der Waals surface area (Å²) < 4.78 is 5.16. The SMILES string of the molecule is CCC(C)N(CCC(=O)Nc1nnc(-c2ccc(OC)cc2)s1)C(=O)c1ccccc1Cl. The van der Waals surface area contributed by atoms with Gasteiger partial charge in [0.05, 0.1) is 17.7 Å². The quantitative estimate of drug-likeness (QED) is 0.466. The summed E-state index contributed by atoms with van der Waals surface area (Å²) >= 11 is 7.49. The van der Waals surface area contributed by atoms with Crippen LogP contribution in [0.25, 0.3) is 10.6 Å². The monoisotopic (exact) mass is 472 g/mol. The molecule has 1 atom stereocenters. The number of nitrogens with zero attached hydrogens (tertiary/aromatic N) is 3. The number of benzene rings is 2. The second-order valence-corrected chi connectivity index (χ2v) is 8.56. The number of hydrogen-bond donors (Lipinski definition) is 1. The molecule has 1 N–H and O–H groups in total. The normalized spacial score (nSPS) is 11.6. The number of rotatable bonds is 9. The summed E-state index contributed by atoms with van der Waals surface area (Å²) in [7, 11) is 1.61. The molecule has 0 bridgehead atoms. The number of carbonyl (C=O) groups excluding carboxylic acids is 2. The molecule has 0 radical (unpaired) electrons. The van der Waals surface area contributed by atoms with E-state index in [9.17, 15) is 9.59 Å². The van der Waals surface area contributed by atoms with Gasteiger partial charge in [0.15, 0.2) is 0 Å². The minimum absolute atomic E-state index is 0.0326. The smallest absolute Gasteiger partial charge is 0.255 e. The molecule has 0 aliphatic rings. The van der Waals surface area contributed by atoms with E-state index in [1.54, 1.807) is 36.3 Å². The zero-order valence-electron chi connectivity index (χ0n) is 18.2. The first-order valence-electron chi connectivity index (χ1n) is 10.3. The Hall–Kier alpha value is -2.97. The Balaban J connectivity index is 1.62. The molecule has 1 aromatic heterocycles. The van der Waals surface area contributed by atoms with Crippen LogP contribution in [-0.4, -0.2) is 46.6 Å². The fraction of sp³-hybridized carbons (Fsp3) is 0.304. The number of nitrogens with one attached hydrogen (secondary N) is 1. The summed E-state index contributed by atoms with van der Waals surface area (Å²) in [6, 6.07) is 14.4. The van der Waals surface area contributed by atoms with Crippen LogP contribution in [-0.2, 0) is 4.79 Å². The van der Waals surface area contributed by atoms with Crippen molar-refractivity contribution in [3.05, 3.63) is 59.1 Å². The average molecular weight is 473 g/mol. The van der Waals surface area contributed by atoms with E-state index in [0.717, 1.165) is 17.7 Å². The molecule has 0 saturated heterocycles. The highest BCUT2D eigenvalue weighted by molar-refractivity contribution is 7.18. The van der Waals surface area contributed by atoms with E-state index in [-0.39, 0.29) is 30.8 Å². The van der Waals surface area contributed by atoms with Crippen molar-refractivity contribution in [2.24, 2.45) is 0 Å². The van der Waals surface area contributed by atoms with Gasteiger partial charge in [-0.3, -0.25) is 9.59 Å². The van der Waals surface area contributed by atoms with E-state index in [1.807, 2.05) is 38.1 Å². The Morgan fingerprint density at radius 2 is 1.88 bits per heavy atom. The molecule has 1 heterocycles. The van der Waals surface area contributed by atoms with E-state index in [0.29, 0.717) is 20.7 Å². The zero-order chi connectivity index (χ0) is 23.1. The van der Waals surface area contributed by atoms with Gasteiger partial charge < -0.3 is 15.0 Å². The van der Waals surface area contributed by atoms with Gasteiger partial charge in [-0.05, 0) is 49.7 Å². The maximum Gasteiger partial charge on any atom is 0.255 e. The van der Waals surface area contributed by atoms with Gasteiger partial charge in [-0.15, -0.1) is 10.2 Å². The van der Waals surface area contributed by atoms with Crippen LogP contribution in [0.15, 0.2) is 48.5 Å². The summed E-state index contributed by atoms with van der Waals surface area (Å²) in [5.41, 5.74) is 1.32. The largest absolute Gasteiger partial charge is 0.497 e. The second kappa shape index (κ2) is 11.1. The van der Waals surface area contributed by atoms with Crippen LogP contribution < -0.4 is 10.1 Å². The van der Waals surface area contributed by atoms with Gasteiger partial charge in [-0.2, -0.15) is 0 Å². The van der Waals surface area contributed by atoms with Gasteiger partial charge in [-0.25, -0.2) is 0 Å². The van der Waals surface area contributed by atoms with E-state index in [4.69, 9.17) is 16.3 Å². The molecule has 2 aromatic carbocycles. The van der Waals surface area contributed by atoms with E-state index < -0.39 is 0 Å². The van der Waals surface area contributed by atoms with Gasteiger partial charge in [-0.1, -0.05) is 42.0 Å². The minimum atomic E-state index is -0.234. The predicted octanol–water partition coefficient (Wildman–Crippen LogP) is 5.14. The van der Waals surface area contributed by atoms with Crippen molar-refractivity contribution in [2.75, 3.05) is 19.0 Å². The van der Waals surface area contributed by atoms with Gasteiger partial charge in [0, 0.05) is 24.6 Å². The first-order chi connectivity index (χ1) is 15.4. The Morgan fingerprint density at radius 3 is 2.53 bits per heavy atom. The number of ether oxygens (including phenoxy) is 1. The molecule has 3 rings (SSSR count). The molecule has 1 unspecified atom stereocenters. The molecule has 2 amide bonds. The fourth-order valence-corrected chi connectivity index (χ4v) is 4.04. The molecule has 32 heavy (non-hydrogen) atoms. The maximum absolute atomic E-state index is 13.0. The van der Waals surface area contributed by atoms with Crippen molar-refractivity contribution in [2.45, 2.75) is 32.7 Å². The third-order valence-corrected chi connectivity index (χ3v) is 6.29. The third kappa shape index (κ3) is 5.83. The van der Waals surface area contributed by atoms with Crippen molar-refractivity contribution >= 4 is 39.9 Å². The molecule has 3 aromatic rings. The minimum Gasteiger partial charge on any atom is -0.497 e. The molecule has 0 saturated carbocycles. The Labute approximate surface area is 196 Å². The van der Waals surface area contributed by atoms with E-state index in [1.165, 1.54) is 11.3 Å². The summed E-state index contributed by atoms with van der Waals surface area (Å²) in [5.74, 6) is 0.335. The number of amides is 2. The molecular formula is C23H25ClN4O3S. The van der Waals surface area contributed by atoms with Crippen LogP contribution in [0.3, 0.4) is 0 Å². The lowest BCUT2D eigenvalue weighted by atomic mass is 10.1. The molecule has 7 nitrogen and oxygen atoms in total. The number of methoxy groups -OCH3 is 1. The standard InChI is InChI=1S/C23H25ClN4O3S/c1-4-15(2)28(22(30)18-7-5-6-8-19(18)24)14-13-20(29)25-23-27-26-21(32-23)16-9-11-17(31-3)12-10-16/h5-12,15H,4,13-14H2,1-3H3,(H,25,27,29). The number of aromatic nitrogens is 2. The second-order valence-electron chi connectivity index (χ2n) is 7.17. The molecule has 9 heteroatoms. The summed E-state index contributed by atoms with van der Waals surface area (Å²) in [6.45, 7) is 4.23. The molecular weight excluding hydrogens is 448 g/mol. The average Bonchev–Trinajstić information content (AvgIpc) is 3.27. The highest BCUT2D eigenvalue weighted by Crippen LogP contribution is 2.28. The van der Waals surface area contributed by atoms with Gasteiger partial charge in [0.2, 0.25) is 11.0 Å². The fourth-order valence-electron chi connectivity index (χ4n) is 3.06. The lowest BCUT2D eigenvalue weighted by Gasteiger charge is -2.28. The van der Waals surface area contributed by atoms with E-state index in [2.05, 4.69) is 15.5 Å². The van der Waals surface area contributed by atoms with Crippen molar-refractivity contribution in [3.8, 4) is 16.3 Å². The lowest BCUT2D eigenvalue weighted by molar-refractivity contribution is -0.116. The number of carbonyl (C=O) groups is 2. The highest BCUT2D eigenvalue weighted by atomic mass is 35.5. The first-order valence-corrected chi connectivity index (χ1v) is 11.5. The Bertz CT molecular complexity index is 1070. The van der Waals surface area contributed by atoms with Crippen LogP contribution in [0.1, 0.15) is 37.0 Å². The van der Waals surface area contributed by atoms with Crippen LogP contribution >= 0.6 is 22.9 Å². The molecule has 0 aliphatic heterocycles. The Morgan fingerprint density at radius 1 is 1.16 bits per heavy atom. The maximum atomic E-state index is 13.0. The Kier molecular flexibility index (Phi) is 8.19. The van der Waals surface area contributed by atoms with Crippen LogP contribution in [0.2, 0.25) is 5.02 Å². The molecule has 0 fully saturated rings. The van der Waals surface area contributed by atoms with Crippen LogP contribution in [0.4, 0.5) is 5.13 Å². The zero-order valence-corrected chi connectivity index (χ0v) is 19.7. The van der Waals surface area contributed by atoms with Crippen molar-refractivity contribution in [3.63, 3.8) is 0 Å². The van der Waals surface area contributed by atoms with Crippen LogP contribution in [0, 0.1) is 0 Å². The van der Waals surface area contributed by atoms with Gasteiger partial charge in [0.25, 0.3) is 5.91 Å². The van der Waals surface area contributed by atoms with Crippen LogP contribution in [0.5, 0.6) is 5.75 Å². The summed E-state index contributed by atoms with van der Waals surface area (Å²) in [6.07, 6.45) is 0.900. The van der Waals surface area contributed by atoms with Gasteiger partial charge >= 0.3 is 0 Å². The predicted molar refractivity (Wildman–Crippen MR) is 127 cm³/mol. The molecule has 0 aliphatic carbocycles. The highest BCUT2D eigenvalue weighted by Gasteiger charge is 2.23. The van der Waals surface area contributed by atoms with Crippen molar-refractivity contribution < 1.29 is 14.3 Å².